The fraction of sp³-hybridized carbons (Fsp3) is 0. The Balaban J connectivity index is 1.22. The molecule has 0 saturated heterocycles. The van der Waals surface area contributed by atoms with E-state index in [2.05, 4.69) is 175 Å². The summed E-state index contributed by atoms with van der Waals surface area (Å²) in [6.45, 7) is 0. The van der Waals surface area contributed by atoms with E-state index in [9.17, 15) is 0 Å². The molecule has 0 aliphatic carbocycles. The summed E-state index contributed by atoms with van der Waals surface area (Å²) in [6, 6.07) is 62.2. The van der Waals surface area contributed by atoms with Gasteiger partial charge < -0.3 is 4.98 Å². The molecule has 0 amide bonds. The number of fused-ring (bicyclic) bond motifs is 8. The van der Waals surface area contributed by atoms with Crippen LogP contribution in [-0.2, 0) is 0 Å². The minimum atomic E-state index is 1.16. The third-order valence-electron chi connectivity index (χ3n) is 9.97. The molecule has 0 saturated carbocycles. The highest BCUT2D eigenvalue weighted by molar-refractivity contribution is 6.23. The molecule has 1 heteroatoms. The van der Waals surface area contributed by atoms with Crippen molar-refractivity contribution in [2.24, 2.45) is 0 Å². The summed E-state index contributed by atoms with van der Waals surface area (Å²) in [5.74, 6) is 0. The van der Waals surface area contributed by atoms with Crippen LogP contribution in [0.3, 0.4) is 0 Å². The van der Waals surface area contributed by atoms with Crippen molar-refractivity contribution in [2.75, 3.05) is 0 Å². The second-order valence-corrected chi connectivity index (χ2v) is 12.5. The maximum Gasteiger partial charge on any atom is 0.0544 e. The smallest absolute Gasteiger partial charge is 0.0544 e. The molecule has 1 nitrogen and oxygen atoms in total. The molecule has 1 heterocycles. The Bertz CT molecular complexity index is 2790. The van der Waals surface area contributed by atoms with Crippen molar-refractivity contribution in [3.8, 4) is 33.4 Å². The van der Waals surface area contributed by atoms with E-state index >= 15 is 0 Å². The number of hydrogen-bond donors (Lipinski definition) is 1. The highest BCUT2D eigenvalue weighted by atomic mass is 14.7. The fourth-order valence-corrected chi connectivity index (χ4v) is 7.87. The Kier molecular flexibility index (Phi) is 5.64. The molecular formula is C46H29N. The molecule has 0 aliphatic heterocycles. The Morgan fingerprint density at radius 1 is 0.298 bits per heavy atom. The lowest BCUT2D eigenvalue weighted by Crippen LogP contribution is -1.91. The maximum atomic E-state index is 3.80. The van der Waals surface area contributed by atoms with E-state index in [-0.39, 0.29) is 0 Å². The highest BCUT2D eigenvalue weighted by Gasteiger charge is 2.18. The first-order valence-corrected chi connectivity index (χ1v) is 16.3. The molecule has 47 heavy (non-hydrogen) atoms. The molecule has 0 spiro atoms. The third-order valence-corrected chi connectivity index (χ3v) is 9.97. The number of H-pyrrole nitrogens is 1. The lowest BCUT2D eigenvalue weighted by atomic mass is 9.85. The second-order valence-electron chi connectivity index (χ2n) is 12.5. The van der Waals surface area contributed by atoms with Crippen molar-refractivity contribution in [1.29, 1.82) is 0 Å². The standard InChI is InChI=1S/C46H29N/c1-3-16-34-29(11-1)13-10-22-35(34)31-14-9-15-32(27-31)44-38-18-5-7-20-40(38)45(41-21-8-6-19-39(41)44)33-24-25-37-42-26-23-30-12-2-4-17-36(30)46(42)47-43(37)28-33/h1-28,47H. The van der Waals surface area contributed by atoms with Crippen molar-refractivity contribution >= 4 is 64.9 Å². The van der Waals surface area contributed by atoms with Crippen molar-refractivity contribution < 1.29 is 0 Å². The summed E-state index contributed by atoms with van der Waals surface area (Å²) in [5.41, 5.74) is 9.85. The number of aromatic nitrogens is 1. The third kappa shape index (κ3) is 3.97. The van der Waals surface area contributed by atoms with E-state index in [1.165, 1.54) is 92.8 Å². The van der Waals surface area contributed by atoms with Gasteiger partial charge in [-0.05, 0) is 83.2 Å². The summed E-state index contributed by atoms with van der Waals surface area (Å²) < 4.78 is 0. The van der Waals surface area contributed by atoms with Crippen LogP contribution < -0.4 is 0 Å². The van der Waals surface area contributed by atoms with E-state index in [0.717, 1.165) is 5.52 Å². The zero-order valence-electron chi connectivity index (χ0n) is 25.7. The van der Waals surface area contributed by atoms with Gasteiger partial charge in [-0.3, -0.25) is 0 Å². The van der Waals surface area contributed by atoms with Crippen LogP contribution in [0.5, 0.6) is 0 Å². The molecule has 10 rings (SSSR count). The van der Waals surface area contributed by atoms with Gasteiger partial charge in [-0.15, -0.1) is 0 Å². The summed E-state index contributed by atoms with van der Waals surface area (Å²) in [7, 11) is 0. The van der Waals surface area contributed by atoms with Gasteiger partial charge >= 0.3 is 0 Å². The van der Waals surface area contributed by atoms with Crippen LogP contribution in [0, 0.1) is 0 Å². The van der Waals surface area contributed by atoms with E-state index in [4.69, 9.17) is 0 Å². The van der Waals surface area contributed by atoms with Gasteiger partial charge in [0.2, 0.25) is 0 Å². The average Bonchev–Trinajstić information content (AvgIpc) is 3.52. The fourth-order valence-electron chi connectivity index (χ4n) is 7.87. The van der Waals surface area contributed by atoms with Gasteiger partial charge in [-0.25, -0.2) is 0 Å². The van der Waals surface area contributed by atoms with Crippen LogP contribution in [0.25, 0.3) is 98.3 Å². The van der Waals surface area contributed by atoms with E-state index in [1.54, 1.807) is 0 Å². The molecule has 9 aromatic carbocycles. The highest BCUT2D eigenvalue weighted by Crippen LogP contribution is 2.45. The van der Waals surface area contributed by atoms with Crippen molar-refractivity contribution in [2.45, 2.75) is 0 Å². The normalized spacial score (nSPS) is 11.8. The molecule has 1 aromatic heterocycles. The van der Waals surface area contributed by atoms with Crippen molar-refractivity contribution in [3.63, 3.8) is 0 Å². The van der Waals surface area contributed by atoms with Gasteiger partial charge in [0.25, 0.3) is 0 Å². The molecular weight excluding hydrogens is 567 g/mol. The average molecular weight is 596 g/mol. The van der Waals surface area contributed by atoms with Gasteiger partial charge in [0.05, 0.1) is 5.52 Å². The number of benzene rings is 9. The van der Waals surface area contributed by atoms with E-state index < -0.39 is 0 Å². The quantitative estimate of drug-likeness (QED) is 0.196. The summed E-state index contributed by atoms with van der Waals surface area (Å²) in [4.78, 5) is 3.80. The predicted octanol–water partition coefficient (Wildman–Crippen LogP) is 12.9. The van der Waals surface area contributed by atoms with Crippen LogP contribution in [0.1, 0.15) is 0 Å². The van der Waals surface area contributed by atoms with Gasteiger partial charge in [0, 0.05) is 21.7 Å². The number of hydrogen-bond acceptors (Lipinski definition) is 0. The predicted molar refractivity (Wildman–Crippen MR) is 202 cm³/mol. The van der Waals surface area contributed by atoms with Gasteiger partial charge in [0.1, 0.15) is 0 Å². The van der Waals surface area contributed by atoms with Crippen LogP contribution in [0.15, 0.2) is 170 Å². The van der Waals surface area contributed by atoms with Crippen LogP contribution in [0.4, 0.5) is 0 Å². The van der Waals surface area contributed by atoms with Gasteiger partial charge in [-0.2, -0.15) is 0 Å². The Morgan fingerprint density at radius 2 is 0.809 bits per heavy atom. The number of rotatable bonds is 3. The molecule has 0 bridgehead atoms. The summed E-state index contributed by atoms with van der Waals surface area (Å²) in [5, 5.41) is 12.6. The monoisotopic (exact) mass is 595 g/mol. The molecule has 0 fully saturated rings. The van der Waals surface area contributed by atoms with Crippen LogP contribution in [0.2, 0.25) is 0 Å². The molecule has 0 radical (unpaired) electrons. The molecule has 0 unspecified atom stereocenters. The number of aromatic amines is 1. The minimum absolute atomic E-state index is 1.16. The first-order valence-electron chi connectivity index (χ1n) is 16.3. The van der Waals surface area contributed by atoms with E-state index in [0.29, 0.717) is 0 Å². The zero-order valence-corrected chi connectivity index (χ0v) is 25.7. The Morgan fingerprint density at radius 3 is 1.51 bits per heavy atom. The number of nitrogens with one attached hydrogen (secondary N) is 1. The zero-order chi connectivity index (χ0) is 30.9. The lowest BCUT2D eigenvalue weighted by Gasteiger charge is -2.18. The second kappa shape index (κ2) is 10.2. The Labute approximate surface area is 272 Å². The van der Waals surface area contributed by atoms with E-state index in [1.807, 2.05) is 0 Å². The topological polar surface area (TPSA) is 15.8 Å². The minimum Gasteiger partial charge on any atom is -0.354 e. The summed E-state index contributed by atoms with van der Waals surface area (Å²) >= 11 is 0. The summed E-state index contributed by atoms with van der Waals surface area (Å²) in [6.07, 6.45) is 0. The van der Waals surface area contributed by atoms with Gasteiger partial charge in [-0.1, -0.05) is 158 Å². The lowest BCUT2D eigenvalue weighted by molar-refractivity contribution is 1.56. The molecule has 0 aliphatic rings. The molecule has 218 valence electrons. The molecule has 0 atom stereocenters. The first-order chi connectivity index (χ1) is 23.3. The first kappa shape index (κ1) is 26.1. The maximum absolute atomic E-state index is 3.80. The van der Waals surface area contributed by atoms with Crippen LogP contribution >= 0.6 is 0 Å². The van der Waals surface area contributed by atoms with Crippen LogP contribution in [-0.4, -0.2) is 4.98 Å². The SMILES string of the molecule is c1cc(-c2cccc3ccccc23)cc(-c2c3ccccc3c(-c3ccc4c(c3)[nH]c3c5ccccc5ccc43)c3ccccc23)c1. The molecule has 1 N–H and O–H groups in total. The van der Waals surface area contributed by atoms with Crippen molar-refractivity contribution in [3.05, 3.63) is 170 Å². The van der Waals surface area contributed by atoms with Gasteiger partial charge in [0.15, 0.2) is 0 Å². The van der Waals surface area contributed by atoms with Crippen molar-refractivity contribution in [1.82, 2.24) is 4.98 Å². The molecule has 10 aromatic rings. The Hall–Kier alpha value is -6.18. The largest absolute Gasteiger partial charge is 0.354 e.